The van der Waals surface area contributed by atoms with Gasteiger partial charge in [-0.2, -0.15) is 0 Å². The summed E-state index contributed by atoms with van der Waals surface area (Å²) in [6.45, 7) is 1.53. The van der Waals surface area contributed by atoms with Crippen LogP contribution >= 0.6 is 31.9 Å². The third-order valence-electron chi connectivity index (χ3n) is 3.13. The van der Waals surface area contributed by atoms with Crippen molar-refractivity contribution >= 4 is 37.5 Å². The summed E-state index contributed by atoms with van der Waals surface area (Å²) in [4.78, 5) is 0. The molecule has 0 heterocycles. The van der Waals surface area contributed by atoms with Crippen molar-refractivity contribution in [2.75, 3.05) is 11.9 Å². The molecule has 2 rings (SSSR count). The van der Waals surface area contributed by atoms with Crippen molar-refractivity contribution in [3.8, 4) is 0 Å². The molecule has 0 aliphatic heterocycles. The molecule has 106 valence electrons. The molecule has 0 saturated heterocycles. The van der Waals surface area contributed by atoms with Crippen LogP contribution < -0.4 is 5.32 Å². The molecular weight excluding hydrogens is 389 g/mol. The maximum Gasteiger partial charge on any atom is 0.129 e. The highest BCUT2D eigenvalue weighted by molar-refractivity contribution is 9.10. The van der Waals surface area contributed by atoms with Gasteiger partial charge in [0, 0.05) is 20.2 Å². The lowest BCUT2D eigenvalue weighted by Crippen LogP contribution is -2.37. The van der Waals surface area contributed by atoms with Gasteiger partial charge in [0.1, 0.15) is 5.82 Å². The van der Waals surface area contributed by atoms with Gasteiger partial charge in [0.25, 0.3) is 0 Å². The smallest absolute Gasteiger partial charge is 0.129 e. The average Bonchev–Trinajstić information content (AvgIpc) is 2.41. The SMILES string of the molecule is CC(CO)(Nc1ccccc1Br)c1ccc(Br)cc1F. The first-order valence-electron chi connectivity index (χ1n) is 6.05. The lowest BCUT2D eigenvalue weighted by Gasteiger charge is -2.31. The monoisotopic (exact) mass is 401 g/mol. The fourth-order valence-corrected chi connectivity index (χ4v) is 2.71. The van der Waals surface area contributed by atoms with Gasteiger partial charge >= 0.3 is 0 Å². The molecule has 0 amide bonds. The Morgan fingerprint density at radius 3 is 2.50 bits per heavy atom. The Hall–Kier alpha value is -0.910. The first-order chi connectivity index (χ1) is 9.46. The third kappa shape index (κ3) is 3.22. The first-order valence-corrected chi connectivity index (χ1v) is 7.64. The summed E-state index contributed by atoms with van der Waals surface area (Å²) < 4.78 is 15.7. The van der Waals surface area contributed by atoms with E-state index < -0.39 is 5.54 Å². The van der Waals surface area contributed by atoms with Crippen LogP contribution in [0.5, 0.6) is 0 Å². The molecule has 0 aliphatic rings. The topological polar surface area (TPSA) is 32.3 Å². The quantitative estimate of drug-likeness (QED) is 0.778. The molecule has 1 unspecified atom stereocenters. The predicted octanol–water partition coefficient (Wildman–Crippen LogP) is 4.67. The van der Waals surface area contributed by atoms with Crippen molar-refractivity contribution < 1.29 is 9.50 Å². The maximum absolute atomic E-state index is 14.1. The number of aliphatic hydroxyl groups excluding tert-OH is 1. The van der Waals surface area contributed by atoms with Crippen LogP contribution in [-0.4, -0.2) is 11.7 Å². The number of rotatable bonds is 4. The molecule has 0 aromatic heterocycles. The summed E-state index contributed by atoms with van der Waals surface area (Å²) in [5.41, 5.74) is 0.305. The van der Waals surface area contributed by atoms with Crippen LogP contribution in [0, 0.1) is 5.82 Å². The lowest BCUT2D eigenvalue weighted by molar-refractivity contribution is 0.220. The van der Waals surface area contributed by atoms with Gasteiger partial charge in [-0.1, -0.05) is 34.1 Å². The van der Waals surface area contributed by atoms with E-state index in [-0.39, 0.29) is 12.4 Å². The molecule has 0 spiro atoms. The molecule has 0 fully saturated rings. The Morgan fingerprint density at radius 2 is 1.90 bits per heavy atom. The molecular formula is C15H14Br2FNO. The fourth-order valence-electron chi connectivity index (χ4n) is 1.99. The minimum absolute atomic E-state index is 0.229. The summed E-state index contributed by atoms with van der Waals surface area (Å²) >= 11 is 6.67. The van der Waals surface area contributed by atoms with Gasteiger partial charge in [0.2, 0.25) is 0 Å². The second-order valence-corrected chi connectivity index (χ2v) is 6.49. The van der Waals surface area contributed by atoms with Crippen LogP contribution in [-0.2, 0) is 5.54 Å². The molecule has 20 heavy (non-hydrogen) atoms. The Bertz CT molecular complexity index is 621. The molecule has 2 aromatic carbocycles. The predicted molar refractivity (Wildman–Crippen MR) is 86.3 cm³/mol. The minimum Gasteiger partial charge on any atom is -0.394 e. The zero-order valence-electron chi connectivity index (χ0n) is 10.8. The zero-order valence-corrected chi connectivity index (χ0v) is 14.0. The molecule has 2 N–H and O–H groups in total. The molecule has 5 heteroatoms. The van der Waals surface area contributed by atoms with Gasteiger partial charge in [-0.15, -0.1) is 0 Å². The van der Waals surface area contributed by atoms with Gasteiger partial charge in [-0.25, -0.2) is 4.39 Å². The largest absolute Gasteiger partial charge is 0.394 e. The second kappa shape index (κ2) is 6.24. The molecule has 2 nitrogen and oxygen atoms in total. The highest BCUT2D eigenvalue weighted by Crippen LogP contribution is 2.32. The van der Waals surface area contributed by atoms with Crippen molar-refractivity contribution in [1.82, 2.24) is 0 Å². The van der Waals surface area contributed by atoms with Gasteiger partial charge in [-0.05, 0) is 47.1 Å². The van der Waals surface area contributed by atoms with E-state index in [1.54, 1.807) is 19.1 Å². The van der Waals surface area contributed by atoms with Crippen molar-refractivity contribution in [3.63, 3.8) is 0 Å². The number of para-hydroxylation sites is 1. The van der Waals surface area contributed by atoms with E-state index in [2.05, 4.69) is 37.2 Å². The summed E-state index contributed by atoms with van der Waals surface area (Å²) in [5, 5.41) is 12.9. The Kier molecular flexibility index (Phi) is 4.83. The molecule has 0 aliphatic carbocycles. The number of hydrogen-bond acceptors (Lipinski definition) is 2. The van der Waals surface area contributed by atoms with Crippen LogP contribution in [0.2, 0.25) is 0 Å². The fraction of sp³-hybridized carbons (Fsp3) is 0.200. The normalized spacial score (nSPS) is 13.8. The van der Waals surface area contributed by atoms with Crippen LogP contribution in [0.3, 0.4) is 0 Å². The van der Waals surface area contributed by atoms with Crippen LogP contribution in [0.1, 0.15) is 12.5 Å². The maximum atomic E-state index is 14.1. The summed E-state index contributed by atoms with van der Waals surface area (Å²) in [5.74, 6) is -0.365. The van der Waals surface area contributed by atoms with Gasteiger partial charge < -0.3 is 10.4 Å². The molecule has 0 saturated carbocycles. The van der Waals surface area contributed by atoms with E-state index in [4.69, 9.17) is 0 Å². The van der Waals surface area contributed by atoms with E-state index in [1.807, 2.05) is 24.3 Å². The van der Waals surface area contributed by atoms with Crippen molar-refractivity contribution in [1.29, 1.82) is 0 Å². The Balaban J connectivity index is 2.41. The van der Waals surface area contributed by atoms with E-state index in [1.165, 1.54) is 6.07 Å². The number of hydrogen-bond donors (Lipinski definition) is 2. The highest BCUT2D eigenvalue weighted by Gasteiger charge is 2.29. The standard InChI is InChI=1S/C15H14Br2FNO/c1-15(9-20,11-7-6-10(16)8-13(11)18)19-14-5-3-2-4-12(14)17/h2-8,19-20H,9H2,1H3. The Labute approximate surface area is 134 Å². The van der Waals surface area contributed by atoms with Crippen molar-refractivity contribution in [3.05, 3.63) is 62.8 Å². The van der Waals surface area contributed by atoms with Crippen molar-refractivity contribution in [2.24, 2.45) is 0 Å². The molecule has 0 bridgehead atoms. The summed E-state index contributed by atoms with van der Waals surface area (Å²) in [7, 11) is 0. The first kappa shape index (κ1) is 15.5. The van der Waals surface area contributed by atoms with Gasteiger partial charge in [0.15, 0.2) is 0 Å². The number of anilines is 1. The molecule has 2 aromatic rings. The minimum atomic E-state index is -0.908. The van der Waals surface area contributed by atoms with Gasteiger partial charge in [-0.3, -0.25) is 0 Å². The lowest BCUT2D eigenvalue weighted by atomic mass is 9.92. The van der Waals surface area contributed by atoms with E-state index in [0.29, 0.717) is 10.0 Å². The van der Waals surface area contributed by atoms with Gasteiger partial charge in [0.05, 0.1) is 12.1 Å². The molecule has 1 atom stereocenters. The van der Waals surface area contributed by atoms with Crippen LogP contribution in [0.15, 0.2) is 51.4 Å². The third-order valence-corrected chi connectivity index (χ3v) is 4.31. The van der Waals surface area contributed by atoms with E-state index in [0.717, 1.165) is 10.2 Å². The zero-order chi connectivity index (χ0) is 14.8. The summed E-state index contributed by atoms with van der Waals surface area (Å²) in [6, 6.07) is 12.3. The van der Waals surface area contributed by atoms with Crippen molar-refractivity contribution in [2.45, 2.75) is 12.5 Å². The van der Waals surface area contributed by atoms with Crippen LogP contribution in [0.25, 0.3) is 0 Å². The number of aliphatic hydroxyl groups is 1. The highest BCUT2D eigenvalue weighted by atomic mass is 79.9. The average molecular weight is 403 g/mol. The molecule has 0 radical (unpaired) electrons. The number of benzene rings is 2. The van der Waals surface area contributed by atoms with Crippen LogP contribution in [0.4, 0.5) is 10.1 Å². The van der Waals surface area contributed by atoms with E-state index >= 15 is 0 Å². The number of halogens is 3. The second-order valence-electron chi connectivity index (χ2n) is 4.72. The van der Waals surface area contributed by atoms with E-state index in [9.17, 15) is 9.50 Å². The Morgan fingerprint density at radius 1 is 1.20 bits per heavy atom. The summed E-state index contributed by atoms with van der Waals surface area (Å²) in [6.07, 6.45) is 0. The number of nitrogens with one attached hydrogen (secondary N) is 1.